The Balaban J connectivity index is 1.54. The molecule has 3 aromatic rings. The van der Waals surface area contributed by atoms with Gasteiger partial charge < -0.3 is 20.1 Å². The first kappa shape index (κ1) is 32.0. The third kappa shape index (κ3) is 6.01. The summed E-state index contributed by atoms with van der Waals surface area (Å²) in [6.07, 6.45) is -0.803. The highest BCUT2D eigenvalue weighted by molar-refractivity contribution is 8.18. The van der Waals surface area contributed by atoms with Gasteiger partial charge in [0.05, 0.1) is 41.6 Å². The SMILES string of the molecule is CO[C@H]1C[SH]([C@H](c2nccc(Cl)c2C)C2(O)CCC(F)(F)CC2)[C@H](CO)[C@H](O)[C@@H]1n1cc(-c2cc(F)c(F)c(F)c2)nn1. The average Bonchev–Trinajstić information content (AvgIpc) is 3.45. The number of hydrogen-bond donors (Lipinski definition) is 4. The van der Waals surface area contributed by atoms with E-state index in [-0.39, 0.29) is 29.9 Å². The van der Waals surface area contributed by atoms with Gasteiger partial charge in [-0.15, -0.1) is 5.10 Å². The summed E-state index contributed by atoms with van der Waals surface area (Å²) >= 11 is 6.42. The molecule has 1 saturated carbocycles. The number of benzene rings is 1. The van der Waals surface area contributed by atoms with Crippen molar-refractivity contribution in [2.75, 3.05) is 19.5 Å². The first-order valence-electron chi connectivity index (χ1n) is 13.7. The molecule has 15 heteroatoms. The van der Waals surface area contributed by atoms with E-state index in [1.54, 1.807) is 13.0 Å². The van der Waals surface area contributed by atoms with E-state index >= 15 is 0 Å². The van der Waals surface area contributed by atoms with E-state index in [1.807, 2.05) is 0 Å². The molecule has 0 amide bonds. The van der Waals surface area contributed by atoms with E-state index in [0.717, 1.165) is 12.1 Å². The fourth-order valence-electron chi connectivity index (χ4n) is 6.25. The van der Waals surface area contributed by atoms with Crippen LogP contribution in [0.25, 0.3) is 11.3 Å². The number of ether oxygens (including phenoxy) is 1. The molecule has 1 aliphatic heterocycles. The van der Waals surface area contributed by atoms with Crippen molar-refractivity contribution in [3.05, 3.63) is 64.3 Å². The molecule has 8 nitrogen and oxygen atoms in total. The lowest BCUT2D eigenvalue weighted by Crippen LogP contribution is -2.54. The van der Waals surface area contributed by atoms with Crippen LogP contribution in [0, 0.1) is 24.4 Å². The highest BCUT2D eigenvalue weighted by Crippen LogP contribution is 2.61. The molecule has 2 fully saturated rings. The second-order valence-corrected chi connectivity index (χ2v) is 14.2. The van der Waals surface area contributed by atoms with Gasteiger partial charge in [0.25, 0.3) is 0 Å². The van der Waals surface area contributed by atoms with Crippen LogP contribution in [0.5, 0.6) is 0 Å². The number of nitrogens with zero attached hydrogens (tertiary/aromatic N) is 4. The maximum Gasteiger partial charge on any atom is 0.248 e. The van der Waals surface area contributed by atoms with Crippen LogP contribution in [-0.2, 0) is 4.74 Å². The fourth-order valence-corrected chi connectivity index (χ4v) is 10.3. The quantitative estimate of drug-likeness (QED) is 0.167. The van der Waals surface area contributed by atoms with E-state index in [0.29, 0.717) is 16.3 Å². The lowest BCUT2D eigenvalue weighted by molar-refractivity contribution is -0.105. The molecule has 43 heavy (non-hydrogen) atoms. The van der Waals surface area contributed by atoms with Gasteiger partial charge in [0, 0.05) is 47.7 Å². The smallest absolute Gasteiger partial charge is 0.248 e. The largest absolute Gasteiger partial charge is 0.395 e. The van der Waals surface area contributed by atoms with Gasteiger partial charge in [0.2, 0.25) is 5.92 Å². The van der Waals surface area contributed by atoms with E-state index in [9.17, 15) is 37.3 Å². The van der Waals surface area contributed by atoms with Gasteiger partial charge in [-0.2, -0.15) is 0 Å². The molecule has 5 rings (SSSR count). The van der Waals surface area contributed by atoms with Gasteiger partial charge in [-0.25, -0.2) is 37.5 Å². The highest BCUT2D eigenvalue weighted by Gasteiger charge is 2.54. The molecule has 0 spiro atoms. The average molecular weight is 651 g/mol. The maximum atomic E-state index is 14.2. The maximum absolute atomic E-state index is 14.2. The van der Waals surface area contributed by atoms with E-state index in [2.05, 4.69) is 15.3 Å². The normalized spacial score (nSPS) is 28.5. The standard InChI is InChI=1S/C28H32ClF5N4O4S/c1-14-16(29)3-8-35-23(14)26(27(41)4-6-28(33,34)7-5-27)43-13-20(42-2)24(25(40)21(43)12-39)38-11-19(36-37-38)15-9-17(30)22(32)18(31)10-15/h3,8-11,20-21,24-26,39-41,43H,4-7,12-13H2,1-2H3/t20-,21+,24+,25-,26+/m0/s1. The van der Waals surface area contributed by atoms with Gasteiger partial charge >= 0.3 is 0 Å². The van der Waals surface area contributed by atoms with Gasteiger partial charge in [0.15, 0.2) is 17.5 Å². The summed E-state index contributed by atoms with van der Waals surface area (Å²) in [5, 5.41) is 41.0. The molecule has 0 radical (unpaired) electrons. The summed E-state index contributed by atoms with van der Waals surface area (Å²) in [6, 6.07) is 2.19. The monoisotopic (exact) mass is 650 g/mol. The Bertz CT molecular complexity index is 1450. The highest BCUT2D eigenvalue weighted by atomic mass is 35.5. The summed E-state index contributed by atoms with van der Waals surface area (Å²) in [5.74, 6) is -7.16. The Hall–Kier alpha value is -2.36. The number of aliphatic hydroxyl groups is 3. The van der Waals surface area contributed by atoms with Gasteiger partial charge in [-0.3, -0.25) is 4.98 Å². The zero-order chi connectivity index (χ0) is 31.3. The van der Waals surface area contributed by atoms with Crippen LogP contribution in [0.3, 0.4) is 0 Å². The molecule has 1 aromatic carbocycles. The molecule has 6 atom stereocenters. The number of hydrogen-bond acceptors (Lipinski definition) is 7. The topological polar surface area (TPSA) is 114 Å². The van der Waals surface area contributed by atoms with Crippen molar-refractivity contribution in [1.82, 2.24) is 20.0 Å². The molecule has 1 unspecified atom stereocenters. The first-order chi connectivity index (χ1) is 20.3. The Morgan fingerprint density at radius 2 is 1.81 bits per heavy atom. The summed E-state index contributed by atoms with van der Waals surface area (Å²) in [4.78, 5) is 4.52. The molecule has 236 valence electrons. The van der Waals surface area contributed by atoms with Gasteiger partial charge in [0.1, 0.15) is 11.7 Å². The molecule has 2 aliphatic rings. The number of pyridine rings is 1. The van der Waals surface area contributed by atoms with Crippen molar-refractivity contribution in [3.8, 4) is 11.3 Å². The Morgan fingerprint density at radius 1 is 1.16 bits per heavy atom. The molecule has 3 heterocycles. The van der Waals surface area contributed by atoms with Crippen LogP contribution in [0.4, 0.5) is 22.0 Å². The lowest BCUT2D eigenvalue weighted by atomic mass is 9.79. The molecular weight excluding hydrogens is 619 g/mol. The van der Waals surface area contributed by atoms with Crippen LogP contribution in [0.15, 0.2) is 30.6 Å². The Labute approximate surface area is 252 Å². The number of rotatable bonds is 7. The second-order valence-electron chi connectivity index (χ2n) is 11.2. The molecule has 1 aliphatic carbocycles. The van der Waals surface area contributed by atoms with E-state index in [4.69, 9.17) is 16.3 Å². The number of aliphatic hydroxyl groups excluding tert-OH is 2. The van der Waals surface area contributed by atoms with E-state index < -0.39 is 88.1 Å². The summed E-state index contributed by atoms with van der Waals surface area (Å²) in [6.45, 7) is 1.20. The van der Waals surface area contributed by atoms with Crippen LogP contribution in [0.2, 0.25) is 5.02 Å². The molecule has 3 N–H and O–H groups in total. The lowest BCUT2D eigenvalue weighted by Gasteiger charge is -2.53. The molecule has 1 saturated heterocycles. The van der Waals surface area contributed by atoms with Crippen LogP contribution < -0.4 is 0 Å². The zero-order valence-corrected chi connectivity index (χ0v) is 24.9. The number of halogens is 6. The fraction of sp³-hybridized carbons (Fsp3) is 0.536. The summed E-state index contributed by atoms with van der Waals surface area (Å²) in [7, 11) is -0.190. The van der Waals surface area contributed by atoms with Gasteiger partial charge in [-0.05, 0) is 43.5 Å². The molecule has 0 bridgehead atoms. The van der Waals surface area contributed by atoms with Crippen molar-refractivity contribution in [2.24, 2.45) is 0 Å². The predicted molar refractivity (Wildman–Crippen MR) is 151 cm³/mol. The summed E-state index contributed by atoms with van der Waals surface area (Å²) in [5.41, 5.74) is -0.729. The minimum atomic E-state index is -2.93. The van der Waals surface area contributed by atoms with Crippen molar-refractivity contribution >= 4 is 22.5 Å². The number of aromatic nitrogens is 4. The zero-order valence-electron chi connectivity index (χ0n) is 23.3. The van der Waals surface area contributed by atoms with Crippen molar-refractivity contribution in [1.29, 1.82) is 0 Å². The number of thiol groups is 1. The molecular formula is C28H32ClF5N4O4S. The van der Waals surface area contributed by atoms with Crippen molar-refractivity contribution in [3.63, 3.8) is 0 Å². The minimum absolute atomic E-state index is 0.00214. The molecule has 2 aromatic heterocycles. The third-order valence-corrected chi connectivity index (χ3v) is 12.6. The predicted octanol–water partition coefficient (Wildman–Crippen LogP) is 4.69. The third-order valence-electron chi connectivity index (χ3n) is 8.65. The van der Waals surface area contributed by atoms with Crippen LogP contribution >= 0.6 is 22.5 Å². The Kier molecular flexibility index (Phi) is 9.09. The van der Waals surface area contributed by atoms with Crippen molar-refractivity contribution < 1.29 is 42.0 Å². The van der Waals surface area contributed by atoms with E-state index in [1.165, 1.54) is 24.2 Å². The first-order valence-corrected chi connectivity index (χ1v) is 15.7. The summed E-state index contributed by atoms with van der Waals surface area (Å²) < 4.78 is 76.7. The number of methoxy groups -OCH3 is 1. The minimum Gasteiger partial charge on any atom is -0.395 e. The number of alkyl halides is 2. The van der Waals surface area contributed by atoms with Crippen LogP contribution in [0.1, 0.15) is 48.2 Å². The Morgan fingerprint density at radius 3 is 2.42 bits per heavy atom. The van der Waals surface area contributed by atoms with Crippen molar-refractivity contribution in [2.45, 2.75) is 72.9 Å². The van der Waals surface area contributed by atoms with Gasteiger partial charge in [-0.1, -0.05) is 16.8 Å². The van der Waals surface area contributed by atoms with Crippen LogP contribution in [-0.4, -0.2) is 83.7 Å². The second kappa shape index (κ2) is 12.2.